The zero-order chi connectivity index (χ0) is 18.3. The maximum Gasteiger partial charge on any atom is 0.265 e. The number of nitrogens with zero attached hydrogens (tertiary/aromatic N) is 3. The van der Waals surface area contributed by atoms with Crippen molar-refractivity contribution in [1.29, 1.82) is 0 Å². The molecule has 0 aliphatic heterocycles. The summed E-state index contributed by atoms with van der Waals surface area (Å²) in [5, 5.41) is 4.56. The number of pyridine rings is 1. The van der Waals surface area contributed by atoms with E-state index >= 15 is 0 Å². The van der Waals surface area contributed by atoms with E-state index in [1.807, 2.05) is 0 Å². The predicted octanol–water partition coefficient (Wildman–Crippen LogP) is 4.72. The van der Waals surface area contributed by atoms with Gasteiger partial charge < -0.3 is 4.57 Å². The Morgan fingerprint density at radius 3 is 2.56 bits per heavy atom. The Morgan fingerprint density at radius 2 is 2.00 bits per heavy atom. The Kier molecular flexibility index (Phi) is 4.79. The van der Waals surface area contributed by atoms with Crippen LogP contribution in [-0.2, 0) is 6.54 Å². The number of aromatic nitrogens is 3. The average molecular weight is 429 g/mol. The van der Waals surface area contributed by atoms with Crippen molar-refractivity contribution >= 4 is 27.5 Å². The number of halogens is 4. The van der Waals surface area contributed by atoms with E-state index in [2.05, 4.69) is 21.0 Å². The molecule has 0 N–H and O–H groups in total. The summed E-state index contributed by atoms with van der Waals surface area (Å²) >= 11 is 9.53. The van der Waals surface area contributed by atoms with Crippen molar-refractivity contribution in [3.63, 3.8) is 0 Å². The van der Waals surface area contributed by atoms with Crippen molar-refractivity contribution in [3.8, 4) is 16.9 Å². The van der Waals surface area contributed by atoms with Crippen molar-refractivity contribution in [1.82, 2.24) is 14.3 Å². The highest BCUT2D eigenvalue weighted by Gasteiger charge is 2.21. The third-order valence-electron chi connectivity index (χ3n) is 3.83. The van der Waals surface area contributed by atoms with Gasteiger partial charge in [-0.1, -0.05) is 11.6 Å². The second-order valence-corrected chi connectivity index (χ2v) is 6.64. The third-order valence-corrected chi connectivity index (χ3v) is 4.86. The molecular formula is C17H13BrClF2N3O. The zero-order valence-electron chi connectivity index (χ0n) is 13.4. The number of rotatable bonds is 3. The van der Waals surface area contributed by atoms with E-state index in [4.69, 9.17) is 11.6 Å². The van der Waals surface area contributed by atoms with Gasteiger partial charge in [-0.25, -0.2) is 13.5 Å². The lowest BCUT2D eigenvalue weighted by Gasteiger charge is -2.18. The van der Waals surface area contributed by atoms with Crippen molar-refractivity contribution < 1.29 is 8.78 Å². The molecule has 0 unspecified atom stereocenters. The van der Waals surface area contributed by atoms with Crippen LogP contribution in [0.3, 0.4) is 0 Å². The highest BCUT2D eigenvalue weighted by atomic mass is 79.9. The molecule has 0 amide bonds. The molecule has 0 radical (unpaired) electrons. The van der Waals surface area contributed by atoms with E-state index in [1.54, 1.807) is 20.0 Å². The summed E-state index contributed by atoms with van der Waals surface area (Å²) < 4.78 is 30.9. The van der Waals surface area contributed by atoms with Crippen LogP contribution in [0.4, 0.5) is 8.78 Å². The summed E-state index contributed by atoms with van der Waals surface area (Å²) in [7, 11) is 0. The lowest BCUT2D eigenvalue weighted by atomic mass is 10.1. The Morgan fingerprint density at radius 1 is 1.28 bits per heavy atom. The van der Waals surface area contributed by atoms with Crippen LogP contribution in [0, 0.1) is 18.6 Å². The number of hydrogen-bond acceptors (Lipinski definition) is 2. The van der Waals surface area contributed by atoms with E-state index in [0.29, 0.717) is 15.3 Å². The highest BCUT2D eigenvalue weighted by Crippen LogP contribution is 2.32. The third kappa shape index (κ3) is 3.02. The fourth-order valence-electron chi connectivity index (χ4n) is 2.63. The van der Waals surface area contributed by atoms with Gasteiger partial charge in [0.15, 0.2) is 0 Å². The summed E-state index contributed by atoms with van der Waals surface area (Å²) in [5.74, 6) is -1.47. The molecule has 8 heteroatoms. The molecule has 2 aromatic heterocycles. The lowest BCUT2D eigenvalue weighted by Crippen LogP contribution is -2.24. The number of aryl methyl sites for hydroxylation is 1. The van der Waals surface area contributed by atoms with Crippen molar-refractivity contribution in [3.05, 3.63) is 67.6 Å². The van der Waals surface area contributed by atoms with Gasteiger partial charge in [-0.2, -0.15) is 5.10 Å². The largest absolute Gasteiger partial charge is 0.305 e. The molecule has 2 heterocycles. The summed E-state index contributed by atoms with van der Waals surface area (Å²) in [6.07, 6.45) is 1.57. The molecular weight excluding hydrogens is 416 g/mol. The first-order valence-corrected chi connectivity index (χ1v) is 8.61. The van der Waals surface area contributed by atoms with E-state index in [0.717, 1.165) is 17.7 Å². The normalized spacial score (nSPS) is 11.1. The van der Waals surface area contributed by atoms with Gasteiger partial charge in [-0.15, -0.1) is 0 Å². The fraction of sp³-hybridized carbons (Fsp3) is 0.176. The molecule has 4 nitrogen and oxygen atoms in total. The summed E-state index contributed by atoms with van der Waals surface area (Å²) in [5.41, 5.74) is 1.18. The van der Waals surface area contributed by atoms with Crippen molar-refractivity contribution in [2.75, 3.05) is 0 Å². The summed E-state index contributed by atoms with van der Waals surface area (Å²) in [6.45, 7) is 3.84. The maximum absolute atomic E-state index is 14.5. The Labute approximate surface area is 155 Å². The van der Waals surface area contributed by atoms with E-state index in [1.165, 1.54) is 21.4 Å². The van der Waals surface area contributed by atoms with Gasteiger partial charge in [0.05, 0.1) is 22.1 Å². The van der Waals surface area contributed by atoms with Crippen LogP contribution in [0.1, 0.15) is 12.5 Å². The molecule has 0 aliphatic rings. The van der Waals surface area contributed by atoms with Gasteiger partial charge in [0.25, 0.3) is 5.56 Å². The molecule has 0 saturated heterocycles. The molecule has 0 atom stereocenters. The van der Waals surface area contributed by atoms with Crippen molar-refractivity contribution in [2.45, 2.75) is 20.4 Å². The van der Waals surface area contributed by atoms with Crippen LogP contribution >= 0.6 is 27.5 Å². The first-order chi connectivity index (χ1) is 11.8. The van der Waals surface area contributed by atoms with E-state index in [-0.39, 0.29) is 23.4 Å². The van der Waals surface area contributed by atoms with E-state index in [9.17, 15) is 13.6 Å². The van der Waals surface area contributed by atoms with Crippen LogP contribution in [-0.4, -0.2) is 14.3 Å². The average Bonchev–Trinajstić information content (AvgIpc) is 2.89. The van der Waals surface area contributed by atoms with Crippen LogP contribution in [0.15, 0.2) is 39.7 Å². The monoisotopic (exact) mass is 427 g/mol. The smallest absolute Gasteiger partial charge is 0.265 e. The second kappa shape index (κ2) is 6.72. The lowest BCUT2D eigenvalue weighted by molar-refractivity contribution is 0.583. The topological polar surface area (TPSA) is 39.8 Å². The summed E-state index contributed by atoms with van der Waals surface area (Å²) in [6, 6.07) is 4.75. The van der Waals surface area contributed by atoms with Gasteiger partial charge >= 0.3 is 0 Å². The van der Waals surface area contributed by atoms with Gasteiger partial charge in [0.2, 0.25) is 0 Å². The molecule has 0 spiro atoms. The highest BCUT2D eigenvalue weighted by molar-refractivity contribution is 9.10. The van der Waals surface area contributed by atoms with Crippen LogP contribution in [0.2, 0.25) is 5.15 Å². The van der Waals surface area contributed by atoms with Gasteiger partial charge in [0, 0.05) is 23.7 Å². The molecule has 3 rings (SSSR count). The molecule has 0 bridgehead atoms. The summed E-state index contributed by atoms with van der Waals surface area (Å²) in [4.78, 5) is 12.5. The van der Waals surface area contributed by atoms with Crippen molar-refractivity contribution in [2.24, 2.45) is 0 Å². The SMILES string of the molecule is CCn1c(-c2ccc(F)cc2F)c(-n2ncc(C)c2Cl)cc(Br)c1=O. The minimum absolute atomic E-state index is 0.0899. The number of hydrogen-bond donors (Lipinski definition) is 0. The Bertz CT molecular complexity index is 1030. The van der Waals surface area contributed by atoms with Crippen LogP contribution in [0.25, 0.3) is 16.9 Å². The quantitative estimate of drug-likeness (QED) is 0.605. The predicted molar refractivity (Wildman–Crippen MR) is 96.3 cm³/mol. The second-order valence-electron chi connectivity index (χ2n) is 5.43. The van der Waals surface area contributed by atoms with Gasteiger partial charge in [-0.3, -0.25) is 4.79 Å². The van der Waals surface area contributed by atoms with Gasteiger partial charge in [0.1, 0.15) is 16.8 Å². The first kappa shape index (κ1) is 17.8. The molecule has 25 heavy (non-hydrogen) atoms. The Balaban J connectivity index is 2.45. The standard InChI is InChI=1S/C17H13BrClF2N3O/c1-3-23-15(11-5-4-10(20)6-13(11)21)14(7-12(18)17(23)25)24-16(19)9(2)8-22-24/h4-8H,3H2,1-2H3. The minimum Gasteiger partial charge on any atom is -0.305 e. The molecule has 3 aromatic rings. The Hall–Kier alpha value is -1.99. The first-order valence-electron chi connectivity index (χ1n) is 7.44. The number of benzene rings is 1. The maximum atomic E-state index is 14.5. The van der Waals surface area contributed by atoms with E-state index < -0.39 is 11.6 Å². The molecule has 1 aromatic carbocycles. The molecule has 0 fully saturated rings. The molecule has 0 saturated carbocycles. The van der Waals surface area contributed by atoms with Crippen LogP contribution < -0.4 is 5.56 Å². The zero-order valence-corrected chi connectivity index (χ0v) is 15.7. The van der Waals surface area contributed by atoms with Gasteiger partial charge in [-0.05, 0) is 48.0 Å². The fourth-order valence-corrected chi connectivity index (χ4v) is 3.24. The molecule has 0 aliphatic carbocycles. The van der Waals surface area contributed by atoms with Crippen LogP contribution in [0.5, 0.6) is 0 Å². The molecule has 130 valence electrons. The minimum atomic E-state index is -0.773.